The quantitative estimate of drug-likeness (QED) is 0.716. The molecule has 1 aromatic heterocycles. The van der Waals surface area contributed by atoms with Crippen molar-refractivity contribution in [3.63, 3.8) is 0 Å². The van der Waals surface area contributed by atoms with Crippen molar-refractivity contribution in [1.29, 1.82) is 0 Å². The van der Waals surface area contributed by atoms with Crippen molar-refractivity contribution >= 4 is 34.2 Å². The maximum atomic E-state index is 12.0. The number of anilines is 1. The molecule has 1 rings (SSSR count). The third kappa shape index (κ3) is 4.19. The van der Waals surface area contributed by atoms with Crippen molar-refractivity contribution in [1.82, 2.24) is 5.32 Å². The molecule has 0 aromatic carbocycles. The lowest BCUT2D eigenvalue weighted by Crippen LogP contribution is -2.44. The number of nitrogens with two attached hydrogens (primary N) is 1. The minimum Gasteiger partial charge on any atom is -0.462 e. The first kappa shape index (κ1) is 17.0. The molecule has 0 spiro atoms. The Hall–Kier alpha value is -2.09. The second-order valence-corrected chi connectivity index (χ2v) is 5.65. The largest absolute Gasteiger partial charge is 0.462 e. The number of aryl methyl sites for hydroxylation is 1. The van der Waals surface area contributed by atoms with Gasteiger partial charge in [0.2, 0.25) is 5.91 Å². The van der Waals surface area contributed by atoms with E-state index in [4.69, 9.17) is 10.5 Å². The predicted octanol–water partition coefficient (Wildman–Crippen LogP) is 1.54. The third-order valence-corrected chi connectivity index (χ3v) is 3.98. The fourth-order valence-electron chi connectivity index (χ4n) is 1.66. The van der Waals surface area contributed by atoms with E-state index in [9.17, 15) is 14.4 Å². The highest BCUT2D eigenvalue weighted by atomic mass is 32.1. The zero-order chi connectivity index (χ0) is 16.2. The molecule has 0 saturated heterocycles. The van der Waals surface area contributed by atoms with Gasteiger partial charge in [-0.25, -0.2) is 9.59 Å². The van der Waals surface area contributed by atoms with Crippen LogP contribution in [0.3, 0.4) is 0 Å². The molecule has 0 aliphatic heterocycles. The Morgan fingerprint density at radius 2 is 1.95 bits per heavy atom. The summed E-state index contributed by atoms with van der Waals surface area (Å²) >= 11 is 1.28. The second kappa shape index (κ2) is 7.07. The molecule has 8 heteroatoms. The van der Waals surface area contributed by atoms with Crippen LogP contribution in [0, 0.1) is 13.8 Å². The smallest absolute Gasteiger partial charge is 0.341 e. The van der Waals surface area contributed by atoms with Gasteiger partial charge < -0.3 is 21.1 Å². The fourth-order valence-corrected chi connectivity index (χ4v) is 2.71. The monoisotopic (exact) mass is 313 g/mol. The Bertz CT molecular complexity index is 568. The number of ether oxygens (including phenoxy) is 1. The van der Waals surface area contributed by atoms with Gasteiger partial charge in [-0.05, 0) is 33.3 Å². The van der Waals surface area contributed by atoms with E-state index in [1.807, 2.05) is 6.92 Å². The van der Waals surface area contributed by atoms with E-state index in [-0.39, 0.29) is 6.61 Å². The van der Waals surface area contributed by atoms with Crippen molar-refractivity contribution in [3.05, 3.63) is 16.0 Å². The number of amides is 3. The van der Waals surface area contributed by atoms with E-state index in [1.165, 1.54) is 18.3 Å². The van der Waals surface area contributed by atoms with E-state index in [0.29, 0.717) is 10.6 Å². The second-order valence-electron chi connectivity index (χ2n) is 4.43. The van der Waals surface area contributed by atoms with Gasteiger partial charge >= 0.3 is 12.0 Å². The van der Waals surface area contributed by atoms with Crippen LogP contribution in [0.1, 0.15) is 34.6 Å². The van der Waals surface area contributed by atoms with Crippen molar-refractivity contribution in [2.75, 3.05) is 11.9 Å². The van der Waals surface area contributed by atoms with E-state index in [0.717, 1.165) is 10.4 Å². The molecule has 3 amide bonds. The third-order valence-electron chi connectivity index (χ3n) is 2.85. The van der Waals surface area contributed by atoms with Crippen LogP contribution >= 0.6 is 11.3 Å². The standard InChI is InChI=1S/C13H19N3O4S/c1-5-20-12(18)9-6(2)8(4)21-11(9)16-10(17)7(3)15-13(14)19/h7H,5H2,1-4H3,(H,16,17)(H3,14,15,19). The van der Waals surface area contributed by atoms with Crippen LogP contribution in [0.25, 0.3) is 0 Å². The van der Waals surface area contributed by atoms with Gasteiger partial charge in [0, 0.05) is 4.88 Å². The van der Waals surface area contributed by atoms with Crippen LogP contribution in [0.5, 0.6) is 0 Å². The van der Waals surface area contributed by atoms with Gasteiger partial charge in [0.1, 0.15) is 11.0 Å². The lowest BCUT2D eigenvalue weighted by molar-refractivity contribution is -0.117. The summed E-state index contributed by atoms with van der Waals surface area (Å²) < 4.78 is 5.00. The molecule has 0 fully saturated rings. The van der Waals surface area contributed by atoms with Gasteiger partial charge in [-0.15, -0.1) is 11.3 Å². The number of hydrogen-bond acceptors (Lipinski definition) is 5. The molecule has 0 radical (unpaired) electrons. The summed E-state index contributed by atoms with van der Waals surface area (Å²) in [6, 6.07) is -1.60. The number of rotatable bonds is 5. The Morgan fingerprint density at radius 3 is 2.48 bits per heavy atom. The zero-order valence-corrected chi connectivity index (χ0v) is 13.2. The number of esters is 1. The van der Waals surface area contributed by atoms with Gasteiger partial charge in [-0.2, -0.15) is 0 Å². The summed E-state index contributed by atoms with van der Waals surface area (Å²) in [5, 5.41) is 5.31. The van der Waals surface area contributed by atoms with Crippen molar-refractivity contribution in [2.45, 2.75) is 33.7 Å². The van der Waals surface area contributed by atoms with Gasteiger partial charge in [0.15, 0.2) is 0 Å². The molecule has 116 valence electrons. The number of hydrogen-bond donors (Lipinski definition) is 3. The van der Waals surface area contributed by atoms with Gasteiger partial charge in [-0.1, -0.05) is 0 Å². The summed E-state index contributed by atoms with van der Waals surface area (Å²) in [5.41, 5.74) is 6.08. The molecule has 0 bridgehead atoms. The van der Waals surface area contributed by atoms with Crippen molar-refractivity contribution < 1.29 is 19.1 Å². The van der Waals surface area contributed by atoms with Gasteiger partial charge in [0.25, 0.3) is 0 Å². The maximum Gasteiger partial charge on any atom is 0.341 e. The van der Waals surface area contributed by atoms with E-state index in [2.05, 4.69) is 10.6 Å². The SMILES string of the molecule is CCOC(=O)c1c(NC(=O)C(C)NC(N)=O)sc(C)c1C. The zero-order valence-electron chi connectivity index (χ0n) is 12.4. The first-order valence-corrected chi connectivity index (χ1v) is 7.23. The molecule has 0 saturated carbocycles. The van der Waals surface area contributed by atoms with Crippen molar-refractivity contribution in [3.8, 4) is 0 Å². The maximum absolute atomic E-state index is 12.0. The topological polar surface area (TPSA) is 111 Å². The molecule has 1 atom stereocenters. The summed E-state index contributed by atoms with van der Waals surface area (Å²) in [5.74, 6) is -0.939. The van der Waals surface area contributed by atoms with Gasteiger partial charge in [0.05, 0.1) is 12.2 Å². The molecule has 21 heavy (non-hydrogen) atoms. The highest BCUT2D eigenvalue weighted by Crippen LogP contribution is 2.33. The highest BCUT2D eigenvalue weighted by molar-refractivity contribution is 7.16. The Morgan fingerprint density at radius 1 is 1.33 bits per heavy atom. The number of nitrogens with one attached hydrogen (secondary N) is 2. The van der Waals surface area contributed by atoms with Crippen LogP contribution in [0.4, 0.5) is 9.80 Å². The molecular weight excluding hydrogens is 294 g/mol. The Balaban J connectivity index is 2.98. The minimum atomic E-state index is -0.805. The number of primary amides is 1. The molecule has 4 N–H and O–H groups in total. The van der Waals surface area contributed by atoms with E-state index >= 15 is 0 Å². The summed E-state index contributed by atoms with van der Waals surface area (Å²) in [6.45, 7) is 7.10. The molecule has 1 unspecified atom stereocenters. The Kier molecular flexibility index (Phi) is 5.71. The van der Waals surface area contributed by atoms with Crippen molar-refractivity contribution in [2.24, 2.45) is 5.73 Å². The van der Waals surface area contributed by atoms with Crippen LogP contribution in [-0.2, 0) is 9.53 Å². The van der Waals surface area contributed by atoms with E-state index < -0.39 is 23.9 Å². The number of urea groups is 1. The average Bonchev–Trinajstić information content (AvgIpc) is 2.64. The molecular formula is C13H19N3O4S. The van der Waals surface area contributed by atoms with Crippen LogP contribution in [-0.4, -0.2) is 30.6 Å². The van der Waals surface area contributed by atoms with Gasteiger partial charge in [-0.3, -0.25) is 4.79 Å². The summed E-state index contributed by atoms with van der Waals surface area (Å²) in [6.07, 6.45) is 0. The molecule has 0 aliphatic rings. The summed E-state index contributed by atoms with van der Waals surface area (Å²) in [7, 11) is 0. The Labute approximate surface area is 126 Å². The normalized spacial score (nSPS) is 11.6. The first-order valence-electron chi connectivity index (χ1n) is 6.41. The van der Waals surface area contributed by atoms with Crippen LogP contribution < -0.4 is 16.4 Å². The lowest BCUT2D eigenvalue weighted by Gasteiger charge is -2.12. The highest BCUT2D eigenvalue weighted by Gasteiger charge is 2.23. The molecule has 1 heterocycles. The number of carbonyl (C=O) groups is 3. The fraction of sp³-hybridized carbons (Fsp3) is 0.462. The number of carbonyl (C=O) groups excluding carboxylic acids is 3. The summed E-state index contributed by atoms with van der Waals surface area (Å²) in [4.78, 5) is 35.6. The van der Waals surface area contributed by atoms with Crippen LogP contribution in [0.15, 0.2) is 0 Å². The van der Waals surface area contributed by atoms with Crippen LogP contribution in [0.2, 0.25) is 0 Å². The number of thiophene rings is 1. The predicted molar refractivity (Wildman–Crippen MR) is 80.6 cm³/mol. The lowest BCUT2D eigenvalue weighted by atomic mass is 10.1. The van der Waals surface area contributed by atoms with E-state index in [1.54, 1.807) is 13.8 Å². The minimum absolute atomic E-state index is 0.250. The molecule has 7 nitrogen and oxygen atoms in total. The average molecular weight is 313 g/mol. The molecule has 1 aromatic rings. The molecule has 0 aliphatic carbocycles. The first-order chi connectivity index (χ1) is 9.77.